The number of fused-ring (bicyclic) bond motifs is 1. The van der Waals surface area contributed by atoms with Gasteiger partial charge in [-0.1, -0.05) is 40.3 Å². The molecule has 0 aliphatic carbocycles. The Balaban J connectivity index is 1.71. The van der Waals surface area contributed by atoms with Crippen molar-refractivity contribution in [2.45, 2.75) is 19.1 Å². The van der Waals surface area contributed by atoms with E-state index in [2.05, 4.69) is 36.1 Å². The molecule has 0 bridgehead atoms. The van der Waals surface area contributed by atoms with E-state index in [1.165, 1.54) is 12.1 Å². The molecular formula is C20H12ClF3N8O2S. The van der Waals surface area contributed by atoms with Crippen LogP contribution in [0.5, 0.6) is 5.88 Å². The van der Waals surface area contributed by atoms with Crippen LogP contribution in [0.25, 0.3) is 5.57 Å². The number of hydrogen-bond acceptors (Lipinski definition) is 9. The molecule has 5 rings (SSSR count). The summed E-state index contributed by atoms with van der Waals surface area (Å²) in [5, 5.41) is 36.4. The Hall–Kier alpha value is -3.91. The summed E-state index contributed by atoms with van der Waals surface area (Å²) in [5.74, 6) is -0.293. The summed E-state index contributed by atoms with van der Waals surface area (Å²) in [6.07, 6.45) is -4.94. The second-order valence-electron chi connectivity index (χ2n) is 7.38. The van der Waals surface area contributed by atoms with Crippen LogP contribution in [0.3, 0.4) is 0 Å². The molecule has 0 saturated heterocycles. The minimum atomic E-state index is -4.67. The van der Waals surface area contributed by atoms with Crippen molar-refractivity contribution in [3.63, 3.8) is 0 Å². The monoisotopic (exact) mass is 520 g/mol. The molecule has 178 valence electrons. The molecule has 2 aromatic heterocycles. The summed E-state index contributed by atoms with van der Waals surface area (Å²) in [7, 11) is 0. The molecule has 35 heavy (non-hydrogen) atoms. The highest BCUT2D eigenvalue weighted by Crippen LogP contribution is 2.37. The molecule has 4 aromatic rings. The van der Waals surface area contributed by atoms with E-state index in [1.54, 1.807) is 18.2 Å². The fourth-order valence-corrected chi connectivity index (χ4v) is 4.71. The topological polar surface area (TPSA) is 134 Å². The normalized spacial score (nSPS) is 13.6. The van der Waals surface area contributed by atoms with E-state index in [4.69, 9.17) is 11.6 Å². The van der Waals surface area contributed by atoms with Crippen LogP contribution in [-0.4, -0.2) is 30.3 Å². The van der Waals surface area contributed by atoms with E-state index in [0.717, 1.165) is 10.6 Å². The third-order valence-electron chi connectivity index (χ3n) is 5.20. The Morgan fingerprint density at radius 2 is 2.03 bits per heavy atom. The van der Waals surface area contributed by atoms with Crippen molar-refractivity contribution in [1.82, 2.24) is 25.2 Å². The number of tetrazole rings is 1. The Labute approximate surface area is 201 Å². The molecule has 15 heteroatoms. The van der Waals surface area contributed by atoms with Gasteiger partial charge in [-0.15, -0.1) is 20.4 Å². The van der Waals surface area contributed by atoms with Crippen LogP contribution < -0.4 is 15.4 Å². The van der Waals surface area contributed by atoms with Crippen molar-refractivity contribution in [3.05, 3.63) is 83.5 Å². The average Bonchev–Trinajstić information content (AvgIpc) is 3.55. The molecule has 0 atom stereocenters. The van der Waals surface area contributed by atoms with E-state index in [-0.39, 0.29) is 39.8 Å². The van der Waals surface area contributed by atoms with Crippen molar-refractivity contribution in [3.8, 4) is 5.88 Å². The van der Waals surface area contributed by atoms with Crippen molar-refractivity contribution < 1.29 is 18.3 Å². The molecule has 10 nitrogen and oxygen atoms in total. The van der Waals surface area contributed by atoms with Gasteiger partial charge >= 0.3 is 11.0 Å². The lowest BCUT2D eigenvalue weighted by molar-refractivity contribution is -0.138. The molecule has 3 heterocycles. The number of rotatable bonds is 5. The number of hydrogen-bond donors (Lipinski definition) is 2. The predicted molar refractivity (Wildman–Crippen MR) is 118 cm³/mol. The number of nitrogens with one attached hydrogen (secondary N) is 1. The standard InChI is InChI=1S/C20H12ClF3N8O2S/c21-11-3-1-10(13(7-11)20(22,23)24)5-12(9-2-4-14-15(6-9)26-29-25-14)17-18(33)32(19(34)35-17)8-16-27-30-31-28-16/h1-4,6-7,33H,5,8H2,(H,27,28,30,31). The first-order valence-corrected chi connectivity index (χ1v) is 11.0. The van der Waals surface area contributed by atoms with Gasteiger partial charge in [-0.2, -0.15) is 18.4 Å². The van der Waals surface area contributed by atoms with Gasteiger partial charge in [0.1, 0.15) is 11.0 Å². The summed E-state index contributed by atoms with van der Waals surface area (Å²) in [6, 6.07) is 8.26. The second-order valence-corrected chi connectivity index (χ2v) is 8.78. The van der Waals surface area contributed by atoms with Crippen LogP contribution in [0.2, 0.25) is 5.02 Å². The van der Waals surface area contributed by atoms with Gasteiger partial charge in [0.25, 0.3) is 0 Å². The van der Waals surface area contributed by atoms with E-state index in [0.29, 0.717) is 27.6 Å². The molecule has 1 aliphatic rings. The average molecular weight is 521 g/mol. The molecular weight excluding hydrogens is 509 g/mol. The molecule has 2 aromatic carbocycles. The largest absolute Gasteiger partial charge is 0.493 e. The lowest BCUT2D eigenvalue weighted by Crippen LogP contribution is -2.15. The van der Waals surface area contributed by atoms with E-state index >= 15 is 0 Å². The maximum Gasteiger partial charge on any atom is 0.416 e. The minimum absolute atomic E-state index is 0.0686. The highest BCUT2D eigenvalue weighted by molar-refractivity contribution is 7.10. The molecule has 0 spiro atoms. The number of aromatic hydroxyl groups is 1. The number of nitrogens with zero attached hydrogens (tertiary/aromatic N) is 7. The Morgan fingerprint density at radius 1 is 1.20 bits per heavy atom. The minimum Gasteiger partial charge on any atom is -0.493 e. The van der Waals surface area contributed by atoms with Gasteiger partial charge in [0.05, 0.1) is 17.0 Å². The van der Waals surface area contributed by atoms with Gasteiger partial charge in [-0.3, -0.25) is 9.36 Å². The van der Waals surface area contributed by atoms with Gasteiger partial charge in [-0.05, 0) is 45.8 Å². The Morgan fingerprint density at radius 3 is 2.77 bits per heavy atom. The Bertz CT molecular complexity index is 1640. The third kappa shape index (κ3) is 4.44. The zero-order valence-corrected chi connectivity index (χ0v) is 18.9. The number of H-pyrrole nitrogens is 1. The van der Waals surface area contributed by atoms with Crippen molar-refractivity contribution in [1.29, 1.82) is 0 Å². The zero-order chi connectivity index (χ0) is 24.7. The fraction of sp³-hybridized carbons (Fsp3) is 0.150. The van der Waals surface area contributed by atoms with Crippen molar-refractivity contribution >= 4 is 34.2 Å². The summed E-state index contributed by atoms with van der Waals surface area (Å²) >= 11 is 6.52. The number of aromatic amines is 1. The molecule has 0 saturated carbocycles. The van der Waals surface area contributed by atoms with E-state index < -0.39 is 22.5 Å². The van der Waals surface area contributed by atoms with Crippen molar-refractivity contribution in [2.75, 3.05) is 0 Å². The van der Waals surface area contributed by atoms with Crippen LogP contribution in [0.1, 0.15) is 21.8 Å². The number of aromatic nitrogens is 5. The summed E-state index contributed by atoms with van der Waals surface area (Å²) in [4.78, 5) is 12.2. The smallest absolute Gasteiger partial charge is 0.416 e. The van der Waals surface area contributed by atoms with Crippen LogP contribution in [-0.2, 0) is 19.1 Å². The first kappa shape index (κ1) is 22.9. The summed E-state index contributed by atoms with van der Waals surface area (Å²) < 4.78 is 42.4. The van der Waals surface area contributed by atoms with Gasteiger partial charge in [0.2, 0.25) is 5.88 Å². The maximum absolute atomic E-state index is 13.8. The summed E-state index contributed by atoms with van der Waals surface area (Å²) in [5.41, 5.74) is -0.329. The predicted octanol–water partition coefficient (Wildman–Crippen LogP) is 2.92. The number of alkyl halides is 3. The van der Waals surface area contributed by atoms with E-state index in [1.807, 2.05) is 0 Å². The number of benzene rings is 2. The van der Waals surface area contributed by atoms with Gasteiger partial charge < -0.3 is 5.11 Å². The van der Waals surface area contributed by atoms with Crippen LogP contribution in [0.4, 0.5) is 18.9 Å². The van der Waals surface area contributed by atoms with Crippen LogP contribution in [0.15, 0.2) is 56.6 Å². The zero-order valence-electron chi connectivity index (χ0n) is 17.3. The van der Waals surface area contributed by atoms with Gasteiger partial charge in [0.15, 0.2) is 5.82 Å². The highest BCUT2D eigenvalue weighted by atomic mass is 35.5. The second kappa shape index (κ2) is 8.70. The van der Waals surface area contributed by atoms with Crippen LogP contribution in [0, 0.1) is 0 Å². The lowest BCUT2D eigenvalue weighted by Gasteiger charge is -2.15. The molecule has 1 aliphatic heterocycles. The summed E-state index contributed by atoms with van der Waals surface area (Å²) in [6.45, 7) is -0.184. The molecule has 0 fully saturated rings. The van der Waals surface area contributed by atoms with Crippen LogP contribution >= 0.6 is 22.9 Å². The fourth-order valence-electron chi connectivity index (χ4n) is 3.59. The lowest BCUT2D eigenvalue weighted by atomic mass is 9.96. The van der Waals surface area contributed by atoms with Gasteiger partial charge in [-0.25, -0.2) is 0 Å². The first-order valence-electron chi connectivity index (χ1n) is 9.83. The van der Waals surface area contributed by atoms with Gasteiger partial charge in [0, 0.05) is 11.4 Å². The molecule has 0 amide bonds. The number of halogens is 4. The maximum atomic E-state index is 13.8. The third-order valence-corrected chi connectivity index (χ3v) is 6.47. The highest BCUT2D eigenvalue weighted by Gasteiger charge is 2.34. The molecule has 0 unspecified atom stereocenters. The molecule has 0 radical (unpaired) electrons. The number of thiazole rings is 1. The Kier molecular flexibility index (Phi) is 5.68. The van der Waals surface area contributed by atoms with E-state index in [9.17, 15) is 23.1 Å². The first-order chi connectivity index (χ1) is 16.7. The quantitative estimate of drug-likeness (QED) is 0.417. The molecule has 2 N–H and O–H groups in total. The SMILES string of the molecule is O=c1sc(C(Cc2ccc(Cl)cc2C(F)(F)F)=c2ccc3c(c2)N=NN=3)c(O)n1Cc1nn[nH]n1. The van der Waals surface area contributed by atoms with Crippen molar-refractivity contribution in [2.24, 2.45) is 15.4 Å².